The van der Waals surface area contributed by atoms with Crippen molar-refractivity contribution in [2.24, 2.45) is 5.10 Å². The van der Waals surface area contributed by atoms with E-state index in [0.717, 1.165) is 10.6 Å². The standard InChI is InChI=1S/C19H17ClN4O4S3/c1-12-3-6-16(7-4-12)31(26,27)28-17-8-5-15(20)9-14(17)10-21-23-18(25)11-29-19-24-22-13(2)30-19/h3-10H,11H2,1-2H3,(H,23,25)/b21-10+. The Morgan fingerprint density at radius 1 is 1.23 bits per heavy atom. The second-order valence-electron chi connectivity index (χ2n) is 6.20. The predicted octanol–water partition coefficient (Wildman–Crippen LogP) is 3.82. The van der Waals surface area contributed by atoms with Gasteiger partial charge in [0.1, 0.15) is 9.90 Å². The van der Waals surface area contributed by atoms with Gasteiger partial charge in [0, 0.05) is 10.6 Å². The molecule has 0 aliphatic heterocycles. The molecule has 0 bridgehead atoms. The first kappa shape index (κ1) is 23.2. The number of nitrogens with zero attached hydrogens (tertiary/aromatic N) is 3. The fraction of sp³-hybridized carbons (Fsp3) is 0.158. The van der Waals surface area contributed by atoms with Gasteiger partial charge in [0.2, 0.25) is 0 Å². The van der Waals surface area contributed by atoms with Crippen molar-refractivity contribution in [3.63, 3.8) is 0 Å². The zero-order valence-corrected chi connectivity index (χ0v) is 19.6. The molecule has 3 aromatic rings. The normalized spacial score (nSPS) is 11.6. The number of hydrogen-bond acceptors (Lipinski definition) is 9. The van der Waals surface area contributed by atoms with Gasteiger partial charge >= 0.3 is 10.1 Å². The van der Waals surface area contributed by atoms with Gasteiger partial charge < -0.3 is 4.18 Å². The van der Waals surface area contributed by atoms with E-state index in [4.69, 9.17) is 15.8 Å². The van der Waals surface area contributed by atoms with E-state index in [2.05, 4.69) is 20.7 Å². The van der Waals surface area contributed by atoms with Crippen LogP contribution in [0.5, 0.6) is 5.75 Å². The molecule has 0 saturated carbocycles. The van der Waals surface area contributed by atoms with Gasteiger partial charge in [-0.1, -0.05) is 52.4 Å². The van der Waals surface area contributed by atoms with E-state index in [1.165, 1.54) is 59.6 Å². The molecule has 0 spiro atoms. The Hall–Kier alpha value is -2.47. The average Bonchev–Trinajstić information content (AvgIpc) is 3.14. The third-order valence-electron chi connectivity index (χ3n) is 3.71. The molecule has 0 aliphatic carbocycles. The molecule has 1 aromatic heterocycles. The molecular formula is C19H17ClN4O4S3. The summed E-state index contributed by atoms with van der Waals surface area (Å²) >= 11 is 8.65. The quantitative estimate of drug-likeness (QED) is 0.218. The molecule has 0 atom stereocenters. The first-order valence-electron chi connectivity index (χ1n) is 8.78. The highest BCUT2D eigenvalue weighted by Crippen LogP contribution is 2.25. The number of benzene rings is 2. The Balaban J connectivity index is 1.67. The molecule has 1 N–H and O–H groups in total. The number of hydrazone groups is 1. The van der Waals surface area contributed by atoms with Crippen molar-refractivity contribution >= 4 is 56.9 Å². The topological polar surface area (TPSA) is 111 Å². The minimum Gasteiger partial charge on any atom is -0.378 e. The average molecular weight is 497 g/mol. The maximum atomic E-state index is 12.6. The minimum atomic E-state index is -4.05. The Morgan fingerprint density at radius 3 is 2.65 bits per heavy atom. The van der Waals surface area contributed by atoms with E-state index in [0.29, 0.717) is 9.36 Å². The van der Waals surface area contributed by atoms with Crippen LogP contribution in [0, 0.1) is 13.8 Å². The van der Waals surface area contributed by atoms with Crippen LogP contribution in [-0.2, 0) is 14.9 Å². The molecule has 0 fully saturated rings. The van der Waals surface area contributed by atoms with Crippen LogP contribution in [0.4, 0.5) is 0 Å². The van der Waals surface area contributed by atoms with Gasteiger partial charge in [-0.2, -0.15) is 13.5 Å². The summed E-state index contributed by atoms with van der Waals surface area (Å²) in [6.45, 7) is 3.68. The van der Waals surface area contributed by atoms with Crippen LogP contribution in [-0.4, -0.2) is 36.5 Å². The van der Waals surface area contributed by atoms with Gasteiger partial charge in [-0.25, -0.2) is 5.43 Å². The lowest BCUT2D eigenvalue weighted by molar-refractivity contribution is -0.118. The van der Waals surface area contributed by atoms with Crippen LogP contribution in [0.25, 0.3) is 0 Å². The molecule has 0 radical (unpaired) electrons. The van der Waals surface area contributed by atoms with Crippen molar-refractivity contribution in [1.29, 1.82) is 0 Å². The number of nitrogens with one attached hydrogen (secondary N) is 1. The summed E-state index contributed by atoms with van der Waals surface area (Å²) in [5.74, 6) is -0.222. The molecule has 12 heteroatoms. The fourth-order valence-electron chi connectivity index (χ4n) is 2.24. The van der Waals surface area contributed by atoms with Gasteiger partial charge in [-0.3, -0.25) is 4.79 Å². The van der Waals surface area contributed by atoms with Gasteiger partial charge in [-0.05, 0) is 44.2 Å². The first-order chi connectivity index (χ1) is 14.7. The highest BCUT2D eigenvalue weighted by atomic mass is 35.5. The summed E-state index contributed by atoms with van der Waals surface area (Å²) in [6, 6.07) is 10.7. The minimum absolute atomic E-state index is 0.0215. The smallest absolute Gasteiger partial charge is 0.339 e. The van der Waals surface area contributed by atoms with Crippen molar-refractivity contribution in [3.05, 3.63) is 63.6 Å². The zero-order valence-electron chi connectivity index (χ0n) is 16.4. The Kier molecular flexibility index (Phi) is 7.65. The lowest BCUT2D eigenvalue weighted by atomic mass is 10.2. The summed E-state index contributed by atoms with van der Waals surface area (Å²) in [5.41, 5.74) is 3.59. The van der Waals surface area contributed by atoms with Crippen molar-refractivity contribution in [3.8, 4) is 5.75 Å². The molecule has 1 amide bonds. The number of rotatable bonds is 8. The van der Waals surface area contributed by atoms with E-state index < -0.39 is 10.1 Å². The molecule has 2 aromatic carbocycles. The number of thioether (sulfide) groups is 1. The molecule has 3 rings (SSSR count). The summed E-state index contributed by atoms with van der Waals surface area (Å²) in [5, 5.41) is 12.8. The van der Waals surface area contributed by atoms with E-state index in [1.54, 1.807) is 12.1 Å². The molecule has 8 nitrogen and oxygen atoms in total. The highest BCUT2D eigenvalue weighted by Gasteiger charge is 2.18. The summed E-state index contributed by atoms with van der Waals surface area (Å²) in [4.78, 5) is 12.0. The number of halogens is 1. The number of aryl methyl sites for hydroxylation is 2. The Labute approximate surface area is 192 Å². The monoisotopic (exact) mass is 496 g/mol. The van der Waals surface area contributed by atoms with Crippen molar-refractivity contribution < 1.29 is 17.4 Å². The number of aromatic nitrogens is 2. The number of hydrogen-bond donors (Lipinski definition) is 1. The second kappa shape index (κ2) is 10.2. The fourth-order valence-corrected chi connectivity index (χ4v) is 4.98. The van der Waals surface area contributed by atoms with Crippen LogP contribution >= 0.6 is 34.7 Å². The summed E-state index contributed by atoms with van der Waals surface area (Å²) in [6.07, 6.45) is 1.27. The summed E-state index contributed by atoms with van der Waals surface area (Å²) in [7, 11) is -4.05. The van der Waals surface area contributed by atoms with Crippen molar-refractivity contribution in [1.82, 2.24) is 15.6 Å². The van der Waals surface area contributed by atoms with Gasteiger partial charge in [-0.15, -0.1) is 10.2 Å². The van der Waals surface area contributed by atoms with Gasteiger partial charge in [0.05, 0.1) is 12.0 Å². The molecular weight excluding hydrogens is 480 g/mol. The number of carbonyl (C=O) groups excluding carboxylic acids is 1. The Morgan fingerprint density at radius 2 is 1.97 bits per heavy atom. The lowest BCUT2D eigenvalue weighted by Crippen LogP contribution is -2.19. The summed E-state index contributed by atoms with van der Waals surface area (Å²) < 4.78 is 31.1. The molecule has 0 unspecified atom stereocenters. The largest absolute Gasteiger partial charge is 0.378 e. The molecule has 162 valence electrons. The maximum absolute atomic E-state index is 12.6. The first-order valence-corrected chi connectivity index (χ1v) is 12.4. The third-order valence-corrected chi connectivity index (χ3v) is 7.16. The van der Waals surface area contributed by atoms with Gasteiger partial charge in [0.15, 0.2) is 10.1 Å². The lowest BCUT2D eigenvalue weighted by Gasteiger charge is -2.10. The number of carbonyl (C=O) groups is 1. The molecule has 31 heavy (non-hydrogen) atoms. The van der Waals surface area contributed by atoms with Crippen LogP contribution in [0.3, 0.4) is 0 Å². The third kappa shape index (κ3) is 6.76. The molecule has 0 aliphatic rings. The van der Waals surface area contributed by atoms with Crippen molar-refractivity contribution in [2.75, 3.05) is 5.75 Å². The van der Waals surface area contributed by atoms with Crippen LogP contribution in [0.2, 0.25) is 5.02 Å². The zero-order chi connectivity index (χ0) is 22.4. The van der Waals surface area contributed by atoms with Crippen LogP contribution < -0.4 is 9.61 Å². The van der Waals surface area contributed by atoms with Crippen LogP contribution in [0.1, 0.15) is 16.1 Å². The maximum Gasteiger partial charge on any atom is 0.339 e. The van der Waals surface area contributed by atoms with Gasteiger partial charge in [0.25, 0.3) is 5.91 Å². The number of amides is 1. The Bertz CT molecular complexity index is 1210. The predicted molar refractivity (Wildman–Crippen MR) is 122 cm³/mol. The van der Waals surface area contributed by atoms with E-state index >= 15 is 0 Å². The van der Waals surface area contributed by atoms with E-state index in [1.807, 2.05) is 13.8 Å². The van der Waals surface area contributed by atoms with Crippen LogP contribution in [0.15, 0.2) is 56.8 Å². The highest BCUT2D eigenvalue weighted by molar-refractivity contribution is 8.01. The van der Waals surface area contributed by atoms with Crippen molar-refractivity contribution in [2.45, 2.75) is 23.1 Å². The van der Waals surface area contributed by atoms with E-state index in [-0.39, 0.29) is 27.9 Å². The SMILES string of the molecule is Cc1ccc(S(=O)(=O)Oc2ccc(Cl)cc2/C=N/NC(=O)CSc2nnc(C)s2)cc1. The molecule has 1 heterocycles. The molecule has 0 saturated heterocycles. The van der Waals surface area contributed by atoms with E-state index in [9.17, 15) is 13.2 Å². The second-order valence-corrected chi connectivity index (χ2v) is 10.6.